The number of likely N-dealkylation sites (tertiary alicyclic amines) is 1. The molecule has 0 bridgehead atoms. The van der Waals surface area contributed by atoms with E-state index in [0.29, 0.717) is 0 Å². The second kappa shape index (κ2) is 9.58. The van der Waals surface area contributed by atoms with Crippen molar-refractivity contribution in [1.82, 2.24) is 19.7 Å². The first-order valence-electron chi connectivity index (χ1n) is 10.7. The van der Waals surface area contributed by atoms with Gasteiger partial charge in [0, 0.05) is 11.3 Å². The van der Waals surface area contributed by atoms with Gasteiger partial charge in [0.05, 0.1) is 11.8 Å². The van der Waals surface area contributed by atoms with Gasteiger partial charge in [0.2, 0.25) is 0 Å². The van der Waals surface area contributed by atoms with E-state index in [-0.39, 0.29) is 11.0 Å². The summed E-state index contributed by atoms with van der Waals surface area (Å²) in [5.74, 6) is 1.05. The molecule has 4 rings (SSSR count). The number of hydrogen-bond donors (Lipinski definition) is 0. The lowest BCUT2D eigenvalue weighted by Gasteiger charge is -2.17. The molecule has 0 radical (unpaired) electrons. The molecule has 3 aromatic rings. The average molecular weight is 421 g/mol. The van der Waals surface area contributed by atoms with Crippen LogP contribution in [0.3, 0.4) is 0 Å². The van der Waals surface area contributed by atoms with E-state index in [0.717, 1.165) is 48.3 Å². The summed E-state index contributed by atoms with van der Waals surface area (Å²) in [5, 5.41) is 9.50. The molecular formula is C24H28N4OS. The van der Waals surface area contributed by atoms with Gasteiger partial charge in [-0.3, -0.25) is 14.3 Å². The van der Waals surface area contributed by atoms with Crippen molar-refractivity contribution in [2.45, 2.75) is 50.1 Å². The van der Waals surface area contributed by atoms with Gasteiger partial charge in [-0.15, -0.1) is 10.2 Å². The quantitative estimate of drug-likeness (QED) is 0.387. The number of hydrogen-bond acceptors (Lipinski definition) is 5. The number of aromatic nitrogens is 3. The Morgan fingerprint density at radius 1 is 1.03 bits per heavy atom. The van der Waals surface area contributed by atoms with E-state index in [1.807, 2.05) is 49.4 Å². The molecule has 2 heterocycles. The van der Waals surface area contributed by atoms with E-state index in [4.69, 9.17) is 0 Å². The maximum absolute atomic E-state index is 13.0. The van der Waals surface area contributed by atoms with Gasteiger partial charge in [0.25, 0.3) is 0 Å². The molecule has 30 heavy (non-hydrogen) atoms. The van der Waals surface area contributed by atoms with Crippen molar-refractivity contribution >= 4 is 17.5 Å². The molecule has 0 spiro atoms. The second-order valence-electron chi connectivity index (χ2n) is 7.73. The summed E-state index contributed by atoms with van der Waals surface area (Å²) in [6.07, 6.45) is 3.45. The highest BCUT2D eigenvalue weighted by atomic mass is 32.2. The summed E-state index contributed by atoms with van der Waals surface area (Å²) in [7, 11) is 0. The summed E-state index contributed by atoms with van der Waals surface area (Å²) in [6.45, 7) is 7.05. The number of Topliss-reactive ketones (excluding diaryl/α,β-unsaturated/α-hetero) is 1. The van der Waals surface area contributed by atoms with Crippen molar-refractivity contribution in [3.05, 3.63) is 71.5 Å². The standard InChI is InChI=1S/C24H28N4OS/c1-3-19-11-13-20(14-12-19)23(29)18(2)30-24-26-25-22(17-27-15-7-8-16-27)28(24)21-9-5-4-6-10-21/h4-6,9-14,18H,3,7-8,15-17H2,1-2H3. The summed E-state index contributed by atoms with van der Waals surface area (Å²) in [4.78, 5) is 15.4. The zero-order valence-electron chi connectivity index (χ0n) is 17.6. The van der Waals surface area contributed by atoms with Crippen molar-refractivity contribution in [3.8, 4) is 5.69 Å². The Morgan fingerprint density at radius 3 is 2.40 bits per heavy atom. The van der Waals surface area contributed by atoms with E-state index < -0.39 is 0 Å². The van der Waals surface area contributed by atoms with Crippen LogP contribution in [0.5, 0.6) is 0 Å². The highest BCUT2D eigenvalue weighted by Gasteiger charge is 2.23. The van der Waals surface area contributed by atoms with Crippen molar-refractivity contribution in [3.63, 3.8) is 0 Å². The summed E-state index contributed by atoms with van der Waals surface area (Å²) < 4.78 is 2.10. The Morgan fingerprint density at radius 2 is 1.73 bits per heavy atom. The highest BCUT2D eigenvalue weighted by Crippen LogP contribution is 2.28. The molecule has 1 aliphatic heterocycles. The third-order valence-corrected chi connectivity index (χ3v) is 6.62. The predicted octanol–water partition coefficient (Wildman–Crippen LogP) is 4.79. The molecule has 1 aromatic heterocycles. The molecule has 0 amide bonds. The minimum atomic E-state index is -0.247. The third kappa shape index (κ3) is 4.65. The van der Waals surface area contributed by atoms with Gasteiger partial charge in [0.15, 0.2) is 16.8 Å². The maximum Gasteiger partial charge on any atom is 0.196 e. The van der Waals surface area contributed by atoms with E-state index in [2.05, 4.69) is 38.7 Å². The van der Waals surface area contributed by atoms with Crippen LogP contribution in [0.15, 0.2) is 59.8 Å². The zero-order valence-corrected chi connectivity index (χ0v) is 18.4. The Hall–Kier alpha value is -2.44. The van der Waals surface area contributed by atoms with Gasteiger partial charge in [-0.25, -0.2) is 0 Å². The first-order valence-corrected chi connectivity index (χ1v) is 11.6. The van der Waals surface area contributed by atoms with Crippen molar-refractivity contribution in [2.75, 3.05) is 13.1 Å². The molecule has 6 heteroatoms. The number of aryl methyl sites for hydroxylation is 1. The lowest BCUT2D eigenvalue weighted by atomic mass is 10.1. The Labute approximate surface area is 182 Å². The van der Waals surface area contributed by atoms with Gasteiger partial charge in [0.1, 0.15) is 0 Å². The predicted molar refractivity (Wildman–Crippen MR) is 121 cm³/mol. The normalized spacial score (nSPS) is 15.4. The van der Waals surface area contributed by atoms with Crippen LogP contribution in [0.1, 0.15) is 48.4 Å². The average Bonchev–Trinajstić information content (AvgIpc) is 3.44. The smallest absolute Gasteiger partial charge is 0.196 e. The number of rotatable bonds is 8. The highest BCUT2D eigenvalue weighted by molar-refractivity contribution is 8.00. The van der Waals surface area contributed by atoms with Crippen LogP contribution >= 0.6 is 11.8 Å². The molecule has 0 aliphatic carbocycles. The van der Waals surface area contributed by atoms with Crippen LogP contribution < -0.4 is 0 Å². The topological polar surface area (TPSA) is 51.0 Å². The van der Waals surface area contributed by atoms with E-state index in [9.17, 15) is 4.79 Å². The maximum atomic E-state index is 13.0. The molecule has 2 aromatic carbocycles. The molecule has 0 saturated carbocycles. The number of carbonyl (C=O) groups excluding carboxylic acids is 1. The number of ketones is 1. The minimum Gasteiger partial charge on any atom is -0.296 e. The fraction of sp³-hybridized carbons (Fsp3) is 0.375. The molecule has 5 nitrogen and oxygen atoms in total. The van der Waals surface area contributed by atoms with Gasteiger partial charge >= 0.3 is 0 Å². The van der Waals surface area contributed by atoms with Gasteiger partial charge in [-0.2, -0.15) is 0 Å². The number of nitrogens with zero attached hydrogens (tertiary/aromatic N) is 4. The van der Waals surface area contributed by atoms with Crippen LogP contribution in [0.4, 0.5) is 0 Å². The molecule has 1 fully saturated rings. The van der Waals surface area contributed by atoms with Crippen LogP contribution in [-0.4, -0.2) is 43.8 Å². The molecular weight excluding hydrogens is 392 g/mol. The Bertz CT molecular complexity index is 978. The molecule has 1 atom stereocenters. The van der Waals surface area contributed by atoms with Crippen LogP contribution in [0.25, 0.3) is 5.69 Å². The number of benzene rings is 2. The first kappa shape index (κ1) is 20.8. The summed E-state index contributed by atoms with van der Waals surface area (Å²) in [6, 6.07) is 18.1. The Balaban J connectivity index is 1.58. The summed E-state index contributed by atoms with van der Waals surface area (Å²) in [5.41, 5.74) is 3.02. The Kier molecular flexibility index (Phi) is 6.65. The lowest BCUT2D eigenvalue weighted by molar-refractivity contribution is 0.0994. The van der Waals surface area contributed by atoms with Crippen molar-refractivity contribution < 1.29 is 4.79 Å². The number of carbonyl (C=O) groups is 1. The fourth-order valence-electron chi connectivity index (χ4n) is 3.81. The molecule has 156 valence electrons. The van der Waals surface area contributed by atoms with Crippen LogP contribution in [0.2, 0.25) is 0 Å². The molecule has 1 aliphatic rings. The minimum absolute atomic E-state index is 0.117. The van der Waals surface area contributed by atoms with E-state index in [1.54, 1.807) is 0 Å². The van der Waals surface area contributed by atoms with E-state index >= 15 is 0 Å². The molecule has 0 N–H and O–H groups in total. The van der Waals surface area contributed by atoms with E-state index in [1.165, 1.54) is 30.2 Å². The van der Waals surface area contributed by atoms with Crippen LogP contribution in [-0.2, 0) is 13.0 Å². The van der Waals surface area contributed by atoms with Crippen LogP contribution in [0, 0.1) is 0 Å². The SMILES string of the molecule is CCc1ccc(C(=O)C(C)Sc2nnc(CN3CCCC3)n2-c2ccccc2)cc1. The van der Waals surface area contributed by atoms with Crippen molar-refractivity contribution in [2.24, 2.45) is 0 Å². The van der Waals surface area contributed by atoms with Crippen molar-refractivity contribution in [1.29, 1.82) is 0 Å². The fourth-order valence-corrected chi connectivity index (χ4v) is 4.77. The van der Waals surface area contributed by atoms with Gasteiger partial charge in [-0.1, -0.05) is 61.2 Å². The summed E-state index contributed by atoms with van der Waals surface area (Å²) >= 11 is 1.48. The first-order chi connectivity index (χ1) is 14.7. The molecule has 1 saturated heterocycles. The molecule has 1 unspecified atom stereocenters. The number of thioether (sulfide) groups is 1. The third-order valence-electron chi connectivity index (χ3n) is 5.58. The van der Waals surface area contributed by atoms with Gasteiger partial charge < -0.3 is 0 Å². The largest absolute Gasteiger partial charge is 0.296 e. The van der Waals surface area contributed by atoms with Gasteiger partial charge in [-0.05, 0) is 57.0 Å². The zero-order chi connectivity index (χ0) is 20.9. The lowest BCUT2D eigenvalue weighted by Crippen LogP contribution is -2.21. The second-order valence-corrected chi connectivity index (χ2v) is 9.04. The number of para-hydroxylation sites is 1. The monoisotopic (exact) mass is 420 g/mol.